The maximum atomic E-state index is 13.6. The summed E-state index contributed by atoms with van der Waals surface area (Å²) in [6, 6.07) is 17.5. The standard InChI is InChI=1S/C23H26F2N2O/c1-28-13-5-11-26(16-19-6-2-8-21(24)14-19)18-23-10-4-12-27(23)17-20-7-3-9-22(25)15-20/h2-4,6-10,12,14-15H,5,11,13,16-18H2,1H3. The molecule has 3 aromatic rings. The van der Waals surface area contributed by atoms with Crippen molar-refractivity contribution in [2.24, 2.45) is 0 Å². The van der Waals surface area contributed by atoms with Crippen LogP contribution in [-0.2, 0) is 24.4 Å². The summed E-state index contributed by atoms with van der Waals surface area (Å²) in [4.78, 5) is 2.28. The molecule has 0 aliphatic carbocycles. The van der Waals surface area contributed by atoms with E-state index >= 15 is 0 Å². The minimum Gasteiger partial charge on any atom is -0.385 e. The second kappa shape index (κ2) is 10.2. The fourth-order valence-electron chi connectivity index (χ4n) is 3.35. The van der Waals surface area contributed by atoms with Gasteiger partial charge in [0.2, 0.25) is 0 Å². The Morgan fingerprint density at radius 2 is 1.61 bits per heavy atom. The average Bonchev–Trinajstić information content (AvgIpc) is 3.08. The first-order valence-electron chi connectivity index (χ1n) is 9.48. The number of methoxy groups -OCH3 is 1. The van der Waals surface area contributed by atoms with Crippen molar-refractivity contribution in [2.75, 3.05) is 20.3 Å². The van der Waals surface area contributed by atoms with E-state index in [-0.39, 0.29) is 11.6 Å². The van der Waals surface area contributed by atoms with E-state index in [1.54, 1.807) is 31.4 Å². The Hall–Kier alpha value is -2.50. The smallest absolute Gasteiger partial charge is 0.123 e. The van der Waals surface area contributed by atoms with Gasteiger partial charge < -0.3 is 9.30 Å². The fourth-order valence-corrected chi connectivity index (χ4v) is 3.35. The first-order chi connectivity index (χ1) is 13.6. The lowest BCUT2D eigenvalue weighted by atomic mass is 10.2. The molecular formula is C23H26F2N2O. The summed E-state index contributed by atoms with van der Waals surface area (Å²) < 4.78 is 34.4. The molecule has 0 unspecified atom stereocenters. The number of aromatic nitrogens is 1. The Morgan fingerprint density at radius 3 is 2.32 bits per heavy atom. The molecule has 0 N–H and O–H groups in total. The minimum atomic E-state index is -0.224. The first kappa shape index (κ1) is 20.2. The van der Waals surface area contributed by atoms with Gasteiger partial charge in [0.25, 0.3) is 0 Å². The molecule has 1 aromatic heterocycles. The predicted octanol–water partition coefficient (Wildman–Crippen LogP) is 4.85. The molecular weight excluding hydrogens is 358 g/mol. The van der Waals surface area contributed by atoms with Crippen molar-refractivity contribution in [2.45, 2.75) is 26.1 Å². The fraction of sp³-hybridized carbons (Fsp3) is 0.304. The molecule has 2 aromatic carbocycles. The van der Waals surface area contributed by atoms with Crippen LogP contribution in [-0.4, -0.2) is 29.7 Å². The molecule has 0 spiro atoms. The molecule has 1 heterocycles. The maximum Gasteiger partial charge on any atom is 0.123 e. The van der Waals surface area contributed by atoms with Gasteiger partial charge in [-0.25, -0.2) is 8.78 Å². The van der Waals surface area contributed by atoms with Crippen molar-refractivity contribution in [1.29, 1.82) is 0 Å². The minimum absolute atomic E-state index is 0.219. The lowest BCUT2D eigenvalue weighted by molar-refractivity contribution is 0.165. The van der Waals surface area contributed by atoms with Crippen molar-refractivity contribution in [3.8, 4) is 0 Å². The molecule has 3 rings (SSSR count). The summed E-state index contributed by atoms with van der Waals surface area (Å²) in [6.45, 7) is 3.53. The van der Waals surface area contributed by atoms with Crippen LogP contribution in [0.1, 0.15) is 23.2 Å². The largest absolute Gasteiger partial charge is 0.385 e. The Morgan fingerprint density at radius 1 is 0.893 bits per heavy atom. The summed E-state index contributed by atoms with van der Waals surface area (Å²) in [6.07, 6.45) is 2.91. The van der Waals surface area contributed by atoms with Crippen LogP contribution in [0.3, 0.4) is 0 Å². The van der Waals surface area contributed by atoms with Crippen LogP contribution in [0.25, 0.3) is 0 Å². The van der Waals surface area contributed by atoms with Crippen molar-refractivity contribution in [1.82, 2.24) is 9.47 Å². The van der Waals surface area contributed by atoms with Crippen LogP contribution in [0.5, 0.6) is 0 Å². The van der Waals surface area contributed by atoms with Crippen molar-refractivity contribution in [3.05, 3.63) is 95.3 Å². The topological polar surface area (TPSA) is 17.4 Å². The first-order valence-corrected chi connectivity index (χ1v) is 9.48. The van der Waals surface area contributed by atoms with E-state index in [1.165, 1.54) is 12.1 Å². The van der Waals surface area contributed by atoms with Crippen molar-refractivity contribution < 1.29 is 13.5 Å². The highest BCUT2D eigenvalue weighted by Crippen LogP contribution is 2.15. The summed E-state index contributed by atoms with van der Waals surface area (Å²) in [7, 11) is 1.70. The highest BCUT2D eigenvalue weighted by Gasteiger charge is 2.11. The van der Waals surface area contributed by atoms with Gasteiger partial charge in [-0.1, -0.05) is 24.3 Å². The zero-order valence-corrected chi connectivity index (χ0v) is 16.2. The Balaban J connectivity index is 1.72. The normalized spacial score (nSPS) is 11.3. The Kier molecular flexibility index (Phi) is 7.34. The molecule has 0 bridgehead atoms. The SMILES string of the molecule is COCCCN(Cc1cccc(F)c1)Cc1cccn1Cc1cccc(F)c1. The van der Waals surface area contributed by atoms with Crippen LogP contribution in [0, 0.1) is 11.6 Å². The van der Waals surface area contributed by atoms with Crippen LogP contribution >= 0.6 is 0 Å². The van der Waals surface area contributed by atoms with Gasteiger partial charge >= 0.3 is 0 Å². The van der Waals surface area contributed by atoms with E-state index in [4.69, 9.17) is 4.74 Å². The third-order valence-electron chi connectivity index (χ3n) is 4.67. The average molecular weight is 384 g/mol. The van der Waals surface area contributed by atoms with Crippen molar-refractivity contribution >= 4 is 0 Å². The number of rotatable bonds is 10. The van der Waals surface area contributed by atoms with Gasteiger partial charge in [-0.2, -0.15) is 0 Å². The molecule has 0 aliphatic rings. The van der Waals surface area contributed by atoms with Crippen LogP contribution in [0.15, 0.2) is 66.9 Å². The number of ether oxygens (including phenoxy) is 1. The molecule has 148 valence electrons. The predicted molar refractivity (Wildman–Crippen MR) is 107 cm³/mol. The van der Waals surface area contributed by atoms with Crippen LogP contribution in [0.2, 0.25) is 0 Å². The molecule has 0 aliphatic heterocycles. The monoisotopic (exact) mass is 384 g/mol. The summed E-state index contributed by atoms with van der Waals surface area (Å²) in [5, 5.41) is 0. The summed E-state index contributed by atoms with van der Waals surface area (Å²) >= 11 is 0. The van der Waals surface area contributed by atoms with Gasteiger partial charge in [-0.3, -0.25) is 4.90 Å². The Bertz CT molecular complexity index is 878. The lowest BCUT2D eigenvalue weighted by Crippen LogP contribution is -2.26. The third kappa shape index (κ3) is 6.01. The van der Waals surface area contributed by atoms with Gasteiger partial charge in [0.05, 0.1) is 0 Å². The molecule has 0 radical (unpaired) electrons. The van der Waals surface area contributed by atoms with Crippen LogP contribution in [0.4, 0.5) is 8.78 Å². The van der Waals surface area contributed by atoms with Crippen molar-refractivity contribution in [3.63, 3.8) is 0 Å². The van der Waals surface area contributed by atoms with E-state index in [0.29, 0.717) is 19.7 Å². The molecule has 28 heavy (non-hydrogen) atoms. The van der Waals surface area contributed by atoms with Gasteiger partial charge in [0.1, 0.15) is 11.6 Å². The van der Waals surface area contributed by atoms with E-state index in [1.807, 2.05) is 24.4 Å². The molecule has 0 saturated heterocycles. The second-order valence-corrected chi connectivity index (χ2v) is 6.94. The highest BCUT2D eigenvalue weighted by molar-refractivity contribution is 5.19. The van der Waals surface area contributed by atoms with E-state index in [2.05, 4.69) is 15.5 Å². The summed E-state index contributed by atoms with van der Waals surface area (Å²) in [5.74, 6) is -0.442. The number of halogens is 2. The zero-order chi connectivity index (χ0) is 19.8. The molecule has 0 amide bonds. The Labute approximate surface area is 165 Å². The maximum absolute atomic E-state index is 13.6. The van der Waals surface area contributed by atoms with Gasteiger partial charge in [-0.05, 0) is 53.9 Å². The number of nitrogens with zero attached hydrogens (tertiary/aromatic N) is 2. The zero-order valence-electron chi connectivity index (χ0n) is 16.2. The number of benzene rings is 2. The third-order valence-corrected chi connectivity index (χ3v) is 4.67. The number of hydrogen-bond donors (Lipinski definition) is 0. The lowest BCUT2D eigenvalue weighted by Gasteiger charge is -2.23. The summed E-state index contributed by atoms with van der Waals surface area (Å²) in [5.41, 5.74) is 3.01. The van der Waals surface area contributed by atoms with E-state index in [9.17, 15) is 8.78 Å². The molecule has 0 saturated carbocycles. The van der Waals surface area contributed by atoms with E-state index < -0.39 is 0 Å². The number of hydrogen-bond acceptors (Lipinski definition) is 2. The highest BCUT2D eigenvalue weighted by atomic mass is 19.1. The van der Waals surface area contributed by atoms with E-state index in [0.717, 1.165) is 36.3 Å². The van der Waals surface area contributed by atoms with Crippen LogP contribution < -0.4 is 0 Å². The second-order valence-electron chi connectivity index (χ2n) is 6.94. The molecule has 0 fully saturated rings. The molecule has 3 nitrogen and oxygen atoms in total. The molecule has 5 heteroatoms. The van der Waals surface area contributed by atoms with Gasteiger partial charge in [-0.15, -0.1) is 0 Å². The van der Waals surface area contributed by atoms with Gasteiger partial charge in [0, 0.05) is 51.8 Å². The quantitative estimate of drug-likeness (QED) is 0.465. The molecule has 0 atom stereocenters. The van der Waals surface area contributed by atoms with Gasteiger partial charge in [0.15, 0.2) is 0 Å².